The number of aliphatic hydroxyl groups excluding tert-OH is 2. The molecular weight excluding hydrogens is 610 g/mol. The van der Waals surface area contributed by atoms with Gasteiger partial charge in [-0.3, -0.25) is 9.69 Å². The van der Waals surface area contributed by atoms with Gasteiger partial charge in [-0.25, -0.2) is 17.2 Å². The summed E-state index contributed by atoms with van der Waals surface area (Å²) in [4.78, 5) is 18.1. The molecule has 1 saturated heterocycles. The van der Waals surface area contributed by atoms with Gasteiger partial charge < -0.3 is 15.1 Å². The quantitative estimate of drug-likeness (QED) is 0.306. The molecule has 0 spiro atoms. The number of sulfone groups is 1. The number of nitrogens with zero attached hydrogens (tertiary/aromatic N) is 2. The number of aliphatic hydroxyl groups is 2. The normalized spacial score (nSPS) is 42.1. The first kappa shape index (κ1) is 36.4. The van der Waals surface area contributed by atoms with Crippen LogP contribution in [0.25, 0.3) is 0 Å². The first-order chi connectivity index (χ1) is 21.3. The molecule has 5 aliphatic rings. The van der Waals surface area contributed by atoms with E-state index in [2.05, 4.69) is 46.4 Å². The van der Waals surface area contributed by atoms with E-state index in [-0.39, 0.29) is 71.3 Å². The second kappa shape index (κ2) is 13.1. The Balaban J connectivity index is 1.26. The van der Waals surface area contributed by atoms with Crippen LogP contribution in [0.1, 0.15) is 113 Å². The van der Waals surface area contributed by atoms with Gasteiger partial charge >= 0.3 is 0 Å². The third kappa shape index (κ3) is 6.68. The molecule has 266 valence electrons. The highest BCUT2D eigenvalue weighted by Gasteiger charge is 2.66. The summed E-state index contributed by atoms with van der Waals surface area (Å²) >= 11 is 0. The topological polar surface area (TPSA) is 98.2 Å². The number of carbonyl (C=O) groups excluding carboxylic acids is 1. The number of carbonyl (C=O) groups is 1. The van der Waals surface area contributed by atoms with Gasteiger partial charge in [0.05, 0.1) is 17.6 Å². The molecule has 7 nitrogen and oxygen atoms in total. The molecule has 5 rings (SSSR count). The van der Waals surface area contributed by atoms with Crippen LogP contribution in [0.15, 0.2) is 0 Å². The lowest BCUT2D eigenvalue weighted by molar-refractivity contribution is -0.236. The van der Waals surface area contributed by atoms with Crippen LogP contribution in [-0.2, 0) is 14.6 Å². The Hall–Kier alpha value is -0.840. The molecule has 5 fully saturated rings. The first-order valence-electron chi connectivity index (χ1n) is 18.3. The monoisotopic (exact) mass is 672 g/mol. The standard InChI is InChI=1S/C36H62F2N2O5S/c1-22(2)39(23(3)4)15-16-40(26-13-17-46(44,45)20-26)32(43)11-8-24(5)27-9-10-28-33-29(12-14-34(27,28)6)35(7)21-36(37,38)31(42)19-25(35)18-30(33)41/h22-31,33,41-42H,8-21H2,1-7H3/t24-,25-,26?,27?,28?,29?,30?,31-,33?,34-,35+/m1/s1. The summed E-state index contributed by atoms with van der Waals surface area (Å²) in [5.74, 6) is -1.98. The van der Waals surface area contributed by atoms with E-state index in [0.29, 0.717) is 50.4 Å². The lowest BCUT2D eigenvalue weighted by Crippen LogP contribution is -2.62. The van der Waals surface area contributed by atoms with Crippen molar-refractivity contribution in [3.05, 3.63) is 0 Å². The molecule has 1 aliphatic heterocycles. The van der Waals surface area contributed by atoms with E-state index in [0.717, 1.165) is 32.1 Å². The molecule has 46 heavy (non-hydrogen) atoms. The van der Waals surface area contributed by atoms with Gasteiger partial charge in [-0.05, 0) is 125 Å². The average Bonchev–Trinajstić information content (AvgIpc) is 3.49. The van der Waals surface area contributed by atoms with Crippen LogP contribution >= 0.6 is 0 Å². The molecule has 11 atom stereocenters. The summed E-state index contributed by atoms with van der Waals surface area (Å²) < 4.78 is 54.6. The Bertz CT molecular complexity index is 1210. The van der Waals surface area contributed by atoms with Crippen LogP contribution in [-0.4, -0.2) is 95.2 Å². The van der Waals surface area contributed by atoms with Crippen molar-refractivity contribution in [2.45, 2.75) is 149 Å². The number of halogens is 2. The van der Waals surface area contributed by atoms with Crippen LogP contribution in [0.4, 0.5) is 8.78 Å². The molecule has 0 radical (unpaired) electrons. The lowest BCUT2D eigenvalue weighted by Gasteiger charge is -2.63. The summed E-state index contributed by atoms with van der Waals surface area (Å²) in [5.41, 5.74) is -0.596. The van der Waals surface area contributed by atoms with E-state index in [1.165, 1.54) is 0 Å². The molecular formula is C36H62F2N2O5S. The lowest BCUT2D eigenvalue weighted by atomic mass is 9.43. The minimum atomic E-state index is -3.13. The van der Waals surface area contributed by atoms with Crippen molar-refractivity contribution in [1.82, 2.24) is 9.80 Å². The van der Waals surface area contributed by atoms with Gasteiger partial charge in [0.15, 0.2) is 9.84 Å². The van der Waals surface area contributed by atoms with E-state index < -0.39 is 33.4 Å². The van der Waals surface area contributed by atoms with Crippen LogP contribution in [0.3, 0.4) is 0 Å². The van der Waals surface area contributed by atoms with Gasteiger partial charge in [-0.2, -0.15) is 0 Å². The number of alkyl halides is 2. The van der Waals surface area contributed by atoms with Crippen molar-refractivity contribution in [3.8, 4) is 0 Å². The fourth-order valence-electron chi connectivity index (χ4n) is 11.8. The molecule has 6 unspecified atom stereocenters. The summed E-state index contributed by atoms with van der Waals surface area (Å²) in [6.45, 7) is 16.5. The largest absolute Gasteiger partial charge is 0.393 e. The Morgan fingerprint density at radius 3 is 2.17 bits per heavy atom. The maximum absolute atomic E-state index is 14.9. The first-order valence-corrected chi connectivity index (χ1v) is 20.1. The van der Waals surface area contributed by atoms with Crippen LogP contribution < -0.4 is 0 Å². The number of amides is 1. The van der Waals surface area contributed by atoms with Gasteiger partial charge in [-0.1, -0.05) is 20.8 Å². The van der Waals surface area contributed by atoms with Crippen LogP contribution in [0.5, 0.6) is 0 Å². The van der Waals surface area contributed by atoms with Gasteiger partial charge in [0, 0.05) is 44.1 Å². The Morgan fingerprint density at radius 2 is 1.57 bits per heavy atom. The zero-order chi connectivity index (χ0) is 34.0. The molecule has 0 bridgehead atoms. The molecule has 0 aromatic carbocycles. The third-order valence-corrected chi connectivity index (χ3v) is 15.9. The van der Waals surface area contributed by atoms with E-state index in [1.54, 1.807) is 0 Å². The van der Waals surface area contributed by atoms with Crippen LogP contribution in [0, 0.1) is 46.3 Å². The van der Waals surface area contributed by atoms with Crippen LogP contribution in [0.2, 0.25) is 0 Å². The van der Waals surface area contributed by atoms with Gasteiger partial charge in [0.1, 0.15) is 6.10 Å². The van der Waals surface area contributed by atoms with Crippen molar-refractivity contribution < 1.29 is 32.2 Å². The highest BCUT2D eigenvalue weighted by molar-refractivity contribution is 7.91. The predicted molar refractivity (Wildman–Crippen MR) is 177 cm³/mol. The Morgan fingerprint density at radius 1 is 0.913 bits per heavy atom. The highest BCUT2D eigenvalue weighted by Crippen LogP contribution is 2.69. The number of rotatable bonds is 10. The second-order valence-electron chi connectivity index (χ2n) is 17.3. The van der Waals surface area contributed by atoms with Gasteiger partial charge in [0.2, 0.25) is 5.91 Å². The molecule has 1 heterocycles. The van der Waals surface area contributed by atoms with Gasteiger partial charge in [-0.15, -0.1) is 0 Å². The number of hydrogen-bond acceptors (Lipinski definition) is 6. The Kier molecular flexibility index (Phi) is 10.4. The molecule has 4 saturated carbocycles. The summed E-state index contributed by atoms with van der Waals surface area (Å²) in [6.07, 6.45) is 3.49. The van der Waals surface area contributed by atoms with Gasteiger partial charge in [0.25, 0.3) is 5.92 Å². The fourth-order valence-corrected chi connectivity index (χ4v) is 13.5. The maximum Gasteiger partial charge on any atom is 0.274 e. The second-order valence-corrected chi connectivity index (χ2v) is 19.5. The molecule has 1 amide bonds. The van der Waals surface area contributed by atoms with Crippen molar-refractivity contribution in [1.29, 1.82) is 0 Å². The van der Waals surface area contributed by atoms with Crippen molar-refractivity contribution in [3.63, 3.8) is 0 Å². The zero-order valence-corrected chi connectivity index (χ0v) is 30.2. The minimum Gasteiger partial charge on any atom is -0.393 e. The predicted octanol–water partition coefficient (Wildman–Crippen LogP) is 5.77. The SMILES string of the molecule is CC(C)N(CCN(C(=O)CC[C@@H](C)C1CCC2C3C(O)C[C@@H]4C[C@@H](O)C(F)(F)C[C@]4(C)C3CC[C@@]21C)C1CCS(=O)(=O)C1)C(C)C. The summed E-state index contributed by atoms with van der Waals surface area (Å²) in [7, 11) is -3.13. The molecule has 4 aliphatic carbocycles. The summed E-state index contributed by atoms with van der Waals surface area (Å²) in [5, 5.41) is 21.7. The van der Waals surface area contributed by atoms with E-state index in [9.17, 15) is 32.2 Å². The van der Waals surface area contributed by atoms with Crippen molar-refractivity contribution >= 4 is 15.7 Å². The zero-order valence-electron chi connectivity index (χ0n) is 29.4. The maximum atomic E-state index is 14.9. The minimum absolute atomic E-state index is 0.00505. The smallest absolute Gasteiger partial charge is 0.274 e. The molecule has 10 heteroatoms. The van der Waals surface area contributed by atoms with Crippen molar-refractivity contribution in [2.24, 2.45) is 46.3 Å². The molecule has 2 N–H and O–H groups in total. The fraction of sp³-hybridized carbons (Fsp3) is 0.972. The van der Waals surface area contributed by atoms with E-state index >= 15 is 0 Å². The molecule has 0 aromatic heterocycles. The number of fused-ring (bicyclic) bond motifs is 5. The number of hydrogen-bond donors (Lipinski definition) is 2. The highest BCUT2D eigenvalue weighted by atomic mass is 32.2. The molecule has 0 aromatic rings. The van der Waals surface area contributed by atoms with Crippen molar-refractivity contribution in [2.75, 3.05) is 24.6 Å². The Labute approximate surface area is 277 Å². The van der Waals surface area contributed by atoms with E-state index in [1.807, 2.05) is 11.8 Å². The summed E-state index contributed by atoms with van der Waals surface area (Å²) in [6, 6.07) is 0.393. The third-order valence-electron chi connectivity index (χ3n) is 14.2. The average molecular weight is 673 g/mol. The van der Waals surface area contributed by atoms with E-state index in [4.69, 9.17) is 0 Å².